The first kappa shape index (κ1) is 34.2. The van der Waals surface area contributed by atoms with Gasteiger partial charge < -0.3 is 30.4 Å². The average Bonchev–Trinajstić information content (AvgIpc) is 3.62. The third kappa shape index (κ3) is 6.67. The molecule has 0 saturated carbocycles. The number of rotatable bonds is 9. The van der Waals surface area contributed by atoms with Crippen molar-refractivity contribution in [1.82, 2.24) is 19.7 Å². The van der Waals surface area contributed by atoms with Gasteiger partial charge >= 0.3 is 5.97 Å². The number of carbonyl (C=O) groups is 3. The number of anilines is 1. The van der Waals surface area contributed by atoms with E-state index < -0.39 is 27.3 Å². The maximum Gasteiger partial charge on any atom is 0.353 e. The van der Waals surface area contributed by atoms with Crippen LogP contribution in [0.5, 0.6) is 5.75 Å². The Balaban J connectivity index is 1.68. The van der Waals surface area contributed by atoms with Gasteiger partial charge in [0.25, 0.3) is 5.91 Å². The lowest BCUT2D eigenvalue weighted by Crippen LogP contribution is -2.52. The minimum Gasteiger partial charge on any atom is -0.494 e. The van der Waals surface area contributed by atoms with Gasteiger partial charge in [-0.2, -0.15) is 0 Å². The molecule has 5 rings (SSSR count). The zero-order chi connectivity index (χ0) is 34.4. The Kier molecular flexibility index (Phi) is 9.32. The van der Waals surface area contributed by atoms with E-state index in [0.717, 1.165) is 31.2 Å². The number of ether oxygens (including phenoxy) is 1. The number of carboxylic acid groups (broad SMARTS) is 1. The number of aryl methyl sites for hydroxylation is 1. The molecule has 13 nitrogen and oxygen atoms in total. The molecule has 2 amide bonds. The van der Waals surface area contributed by atoms with Gasteiger partial charge in [0.2, 0.25) is 15.9 Å². The van der Waals surface area contributed by atoms with Gasteiger partial charge in [0.15, 0.2) is 5.75 Å². The summed E-state index contributed by atoms with van der Waals surface area (Å²) in [6.45, 7) is 9.58. The first-order valence-corrected chi connectivity index (χ1v) is 17.5. The van der Waals surface area contributed by atoms with Crippen molar-refractivity contribution in [1.29, 1.82) is 0 Å². The monoisotopic (exact) mass is 668 g/mol. The number of aromatic nitrogens is 1. The molecule has 47 heavy (non-hydrogen) atoms. The zero-order valence-corrected chi connectivity index (χ0v) is 28.6. The summed E-state index contributed by atoms with van der Waals surface area (Å²) in [6, 6.07) is 7.07. The van der Waals surface area contributed by atoms with E-state index in [9.17, 15) is 27.9 Å². The molecular weight excluding hydrogens is 624 g/mol. The van der Waals surface area contributed by atoms with Crippen LogP contribution in [0, 0.1) is 0 Å². The first-order chi connectivity index (χ1) is 22.0. The number of benzene rings is 2. The minimum atomic E-state index is -3.94. The van der Waals surface area contributed by atoms with Crippen molar-refractivity contribution in [3.8, 4) is 16.9 Å². The number of nitrogens with one attached hydrogen (secondary N) is 2. The van der Waals surface area contributed by atoms with Crippen molar-refractivity contribution in [2.75, 3.05) is 50.8 Å². The Morgan fingerprint density at radius 2 is 1.81 bits per heavy atom. The third-order valence-electron chi connectivity index (χ3n) is 9.03. The number of carbonyl (C=O) groups excluding carboxylic acids is 2. The molecule has 0 spiro atoms. The summed E-state index contributed by atoms with van der Waals surface area (Å²) in [7, 11) is -0.965. The van der Waals surface area contributed by atoms with Gasteiger partial charge in [0, 0.05) is 56.3 Å². The highest BCUT2D eigenvalue weighted by atomic mass is 32.2. The second-order valence-electron chi connectivity index (χ2n) is 13.4. The molecule has 2 fully saturated rings. The summed E-state index contributed by atoms with van der Waals surface area (Å²) >= 11 is 0. The number of aromatic carboxylic acids is 1. The predicted molar refractivity (Wildman–Crippen MR) is 180 cm³/mol. The maximum atomic E-state index is 13.1. The van der Waals surface area contributed by atoms with Crippen molar-refractivity contribution in [2.45, 2.75) is 51.6 Å². The number of amides is 2. The largest absolute Gasteiger partial charge is 0.494 e. The topological polar surface area (TPSA) is 176 Å². The van der Waals surface area contributed by atoms with Gasteiger partial charge in [-0.05, 0) is 42.0 Å². The molecule has 5 N–H and O–H groups in total. The molecule has 2 aliphatic heterocycles. The van der Waals surface area contributed by atoms with Crippen LogP contribution in [0.2, 0.25) is 0 Å². The molecule has 2 aromatic carbocycles. The maximum absolute atomic E-state index is 13.1. The van der Waals surface area contributed by atoms with Crippen molar-refractivity contribution < 1.29 is 32.6 Å². The van der Waals surface area contributed by atoms with Crippen molar-refractivity contribution >= 4 is 44.4 Å². The first-order valence-electron chi connectivity index (χ1n) is 15.6. The second-order valence-corrected chi connectivity index (χ2v) is 15.1. The van der Waals surface area contributed by atoms with E-state index in [2.05, 4.69) is 14.9 Å². The fraction of sp³-hybridized carbons (Fsp3) is 0.485. The molecule has 1 aromatic heterocycles. The van der Waals surface area contributed by atoms with Crippen molar-refractivity contribution in [3.63, 3.8) is 0 Å². The highest BCUT2D eigenvalue weighted by molar-refractivity contribution is 7.92. The second kappa shape index (κ2) is 12.8. The number of carboxylic acids is 1. The number of nitrogens with two attached hydrogens (primary N) is 1. The van der Waals surface area contributed by atoms with Gasteiger partial charge in [-0.1, -0.05) is 39.0 Å². The fourth-order valence-corrected chi connectivity index (χ4v) is 7.47. The average molecular weight is 669 g/mol. The van der Waals surface area contributed by atoms with Gasteiger partial charge in [0.1, 0.15) is 5.69 Å². The number of methoxy groups -OCH3 is 1. The van der Waals surface area contributed by atoms with E-state index in [-0.39, 0.29) is 40.2 Å². The number of hydrogen-bond donors (Lipinski definition) is 4. The zero-order valence-electron chi connectivity index (χ0n) is 27.8. The molecule has 0 bridgehead atoms. The SMILES string of the molecule is COc1c(C(N)=O)cc(C(C)(C)C)c(-c2c(C(=O)O)n(C)c3c(CN4CCN(C(=O)C5CCCN5)CC4)cccc23)c1NS(C)(=O)=O. The van der Waals surface area contributed by atoms with E-state index >= 15 is 0 Å². The standard InChI is InChI=1S/C33H44N6O7S/c1-33(2,3)22-17-21(30(34)40)29(46-5)26(36-47(6,44)45)25(22)24-20-10-7-9-19(27(20)37(4)28(24)32(42)43)18-38-13-15-39(16-14-38)31(41)23-11-8-12-35-23/h7,9-10,17,23,35-36H,8,11-16,18H2,1-6H3,(H2,34,40)(H,42,43). The smallest absolute Gasteiger partial charge is 0.353 e. The van der Waals surface area contributed by atoms with Crippen LogP contribution in [0.15, 0.2) is 24.3 Å². The minimum absolute atomic E-state index is 0.0357. The molecule has 3 heterocycles. The number of fused-ring (bicyclic) bond motifs is 1. The number of hydrogen-bond acceptors (Lipinski definition) is 8. The summed E-state index contributed by atoms with van der Waals surface area (Å²) in [5, 5.41) is 14.5. The summed E-state index contributed by atoms with van der Waals surface area (Å²) in [4.78, 5) is 42.8. The molecule has 1 unspecified atom stereocenters. The van der Waals surface area contributed by atoms with Crippen LogP contribution in [0.25, 0.3) is 22.0 Å². The number of primary amides is 1. The molecular formula is C33H44N6O7S. The molecule has 2 saturated heterocycles. The van der Waals surface area contributed by atoms with Crippen LogP contribution in [0.4, 0.5) is 5.69 Å². The highest BCUT2D eigenvalue weighted by Crippen LogP contribution is 2.49. The van der Waals surface area contributed by atoms with Crippen LogP contribution in [0.3, 0.4) is 0 Å². The Bertz CT molecular complexity index is 1850. The number of nitrogens with zero attached hydrogens (tertiary/aromatic N) is 3. The Morgan fingerprint density at radius 1 is 1.13 bits per heavy atom. The lowest BCUT2D eigenvalue weighted by molar-refractivity contribution is -0.134. The number of sulfonamides is 1. The summed E-state index contributed by atoms with van der Waals surface area (Å²) in [5.74, 6) is -1.99. The highest BCUT2D eigenvalue weighted by Gasteiger charge is 2.35. The summed E-state index contributed by atoms with van der Waals surface area (Å²) in [6.07, 6.45) is 2.83. The van der Waals surface area contributed by atoms with Crippen LogP contribution in [-0.4, -0.2) is 97.8 Å². The van der Waals surface area contributed by atoms with Gasteiger partial charge in [-0.25, -0.2) is 13.2 Å². The van der Waals surface area contributed by atoms with E-state index in [4.69, 9.17) is 10.5 Å². The Labute approximate surface area is 275 Å². The van der Waals surface area contributed by atoms with Gasteiger partial charge in [-0.15, -0.1) is 0 Å². The molecule has 0 radical (unpaired) electrons. The summed E-state index contributed by atoms with van der Waals surface area (Å²) in [5.41, 5.74) is 7.55. The van der Waals surface area contributed by atoms with Crippen LogP contribution in [0.1, 0.15) is 65.6 Å². The quantitative estimate of drug-likeness (QED) is 0.267. The Morgan fingerprint density at radius 3 is 2.34 bits per heavy atom. The molecule has 2 aliphatic rings. The lowest BCUT2D eigenvalue weighted by Gasteiger charge is -2.36. The van der Waals surface area contributed by atoms with Crippen molar-refractivity contribution in [2.24, 2.45) is 12.8 Å². The summed E-state index contributed by atoms with van der Waals surface area (Å²) < 4.78 is 35.3. The van der Waals surface area contributed by atoms with Gasteiger partial charge in [0.05, 0.1) is 36.2 Å². The normalized spacial score (nSPS) is 17.7. The molecule has 3 aromatic rings. The third-order valence-corrected chi connectivity index (χ3v) is 9.61. The van der Waals surface area contributed by atoms with Crippen LogP contribution >= 0.6 is 0 Å². The van der Waals surface area contributed by atoms with Crippen LogP contribution < -0.4 is 20.5 Å². The fourth-order valence-electron chi connectivity index (χ4n) is 6.90. The van der Waals surface area contributed by atoms with Crippen LogP contribution in [-0.2, 0) is 33.8 Å². The number of para-hydroxylation sites is 1. The molecule has 1 atom stereocenters. The Hall–Kier alpha value is -4.14. The van der Waals surface area contributed by atoms with Gasteiger partial charge in [-0.3, -0.25) is 19.2 Å². The van der Waals surface area contributed by atoms with E-state index in [1.807, 2.05) is 43.9 Å². The van der Waals surface area contributed by atoms with E-state index in [1.165, 1.54) is 7.11 Å². The molecule has 14 heteroatoms. The lowest BCUT2D eigenvalue weighted by atomic mass is 9.79. The molecule has 0 aliphatic carbocycles. The van der Waals surface area contributed by atoms with E-state index in [0.29, 0.717) is 54.8 Å². The molecule has 254 valence electrons. The number of piperazine rings is 1. The van der Waals surface area contributed by atoms with E-state index in [1.54, 1.807) is 17.7 Å². The van der Waals surface area contributed by atoms with Crippen molar-refractivity contribution in [3.05, 3.63) is 46.6 Å². The predicted octanol–water partition coefficient (Wildman–Crippen LogP) is 2.72.